The van der Waals surface area contributed by atoms with Gasteiger partial charge in [-0.2, -0.15) is 5.26 Å². The molecule has 0 atom stereocenters. The number of nitro groups is 1. The first-order valence-corrected chi connectivity index (χ1v) is 8.41. The monoisotopic (exact) mass is 375 g/mol. The lowest BCUT2D eigenvalue weighted by Gasteiger charge is -2.19. The van der Waals surface area contributed by atoms with Gasteiger partial charge in [-0.3, -0.25) is 14.9 Å². The maximum Gasteiger partial charge on any atom is 0.293 e. The molecule has 0 N–H and O–H groups in total. The van der Waals surface area contributed by atoms with E-state index in [9.17, 15) is 14.9 Å². The fourth-order valence-electron chi connectivity index (χ4n) is 2.95. The van der Waals surface area contributed by atoms with Gasteiger partial charge in [0.25, 0.3) is 5.69 Å². The Bertz CT molecular complexity index is 1100. The molecule has 8 heteroatoms. The highest BCUT2D eigenvalue weighted by atomic mass is 16.6. The molecule has 0 aliphatic rings. The number of benzene rings is 2. The number of aromatic nitrogens is 2. The standard InChI is InChI=1S/C20H17N5O3/c1-23-9-8-22-20(23)19(26)16-6-7-17(18(11-16)25(27)28)24(2)13-15-5-3-4-14(10-15)12-21/h3-11H,13H2,1-2H3. The Morgan fingerprint density at radius 1 is 1.32 bits per heavy atom. The van der Waals surface area contributed by atoms with Crippen LogP contribution in [0.15, 0.2) is 54.9 Å². The topological polar surface area (TPSA) is 105 Å². The summed E-state index contributed by atoms with van der Waals surface area (Å²) in [7, 11) is 3.41. The second kappa shape index (κ2) is 7.72. The van der Waals surface area contributed by atoms with E-state index in [1.807, 2.05) is 6.07 Å². The fourth-order valence-corrected chi connectivity index (χ4v) is 2.95. The van der Waals surface area contributed by atoms with Gasteiger partial charge in [0.05, 0.1) is 16.6 Å². The second-order valence-electron chi connectivity index (χ2n) is 6.32. The molecule has 0 fully saturated rings. The number of ketones is 1. The van der Waals surface area contributed by atoms with E-state index < -0.39 is 4.92 Å². The van der Waals surface area contributed by atoms with Gasteiger partial charge in [0.2, 0.25) is 5.78 Å². The smallest absolute Gasteiger partial charge is 0.293 e. The van der Waals surface area contributed by atoms with Gasteiger partial charge in [0.15, 0.2) is 5.82 Å². The molecule has 0 bridgehead atoms. The van der Waals surface area contributed by atoms with Crippen molar-refractivity contribution in [1.82, 2.24) is 9.55 Å². The number of nitriles is 1. The highest BCUT2D eigenvalue weighted by molar-refractivity contribution is 6.07. The molecule has 1 heterocycles. The lowest BCUT2D eigenvalue weighted by Crippen LogP contribution is -2.18. The van der Waals surface area contributed by atoms with Gasteiger partial charge < -0.3 is 9.47 Å². The summed E-state index contributed by atoms with van der Waals surface area (Å²) >= 11 is 0. The van der Waals surface area contributed by atoms with Crippen molar-refractivity contribution in [2.75, 3.05) is 11.9 Å². The lowest BCUT2D eigenvalue weighted by molar-refractivity contribution is -0.384. The minimum Gasteiger partial charge on any atom is -0.365 e. The third kappa shape index (κ3) is 3.73. The first kappa shape index (κ1) is 18.8. The van der Waals surface area contributed by atoms with Gasteiger partial charge in [0.1, 0.15) is 5.69 Å². The highest BCUT2D eigenvalue weighted by Gasteiger charge is 2.22. The van der Waals surface area contributed by atoms with Crippen LogP contribution < -0.4 is 4.90 Å². The molecule has 2 aromatic carbocycles. The number of imidazole rings is 1. The van der Waals surface area contributed by atoms with E-state index in [2.05, 4.69) is 11.1 Å². The highest BCUT2D eigenvalue weighted by Crippen LogP contribution is 2.30. The summed E-state index contributed by atoms with van der Waals surface area (Å²) in [5.41, 5.74) is 1.78. The molecule has 28 heavy (non-hydrogen) atoms. The van der Waals surface area contributed by atoms with E-state index in [1.165, 1.54) is 12.3 Å². The Morgan fingerprint density at radius 3 is 2.75 bits per heavy atom. The van der Waals surface area contributed by atoms with Crippen LogP contribution in [0.3, 0.4) is 0 Å². The summed E-state index contributed by atoms with van der Waals surface area (Å²) < 4.78 is 1.57. The van der Waals surface area contributed by atoms with Crippen molar-refractivity contribution < 1.29 is 9.72 Å². The van der Waals surface area contributed by atoms with E-state index in [-0.39, 0.29) is 22.9 Å². The normalized spacial score (nSPS) is 10.3. The van der Waals surface area contributed by atoms with Crippen molar-refractivity contribution in [2.24, 2.45) is 7.05 Å². The maximum absolute atomic E-state index is 12.6. The van der Waals surface area contributed by atoms with Gasteiger partial charge in [-0.1, -0.05) is 12.1 Å². The first-order chi connectivity index (χ1) is 13.4. The molecular formula is C20H17N5O3. The summed E-state index contributed by atoms with van der Waals surface area (Å²) in [4.78, 5) is 29.4. The molecule has 0 aliphatic heterocycles. The molecule has 140 valence electrons. The molecule has 0 aliphatic carbocycles. The molecule has 0 radical (unpaired) electrons. The van der Waals surface area contributed by atoms with E-state index >= 15 is 0 Å². The Labute approximate surface area is 161 Å². The van der Waals surface area contributed by atoms with Crippen molar-refractivity contribution in [3.8, 4) is 6.07 Å². The molecular weight excluding hydrogens is 358 g/mol. The predicted molar refractivity (Wildman–Crippen MR) is 103 cm³/mol. The van der Waals surface area contributed by atoms with Crippen LogP contribution in [0.5, 0.6) is 0 Å². The number of aryl methyl sites for hydroxylation is 1. The van der Waals surface area contributed by atoms with Crippen LogP contribution in [0.1, 0.15) is 27.3 Å². The summed E-state index contributed by atoms with van der Waals surface area (Å²) in [5.74, 6) is -0.171. The van der Waals surface area contributed by atoms with Crippen LogP contribution in [0.25, 0.3) is 0 Å². The minimum atomic E-state index is -0.507. The molecule has 0 amide bonds. The summed E-state index contributed by atoms with van der Waals surface area (Å²) in [6.45, 7) is 0.378. The Balaban J connectivity index is 1.93. The van der Waals surface area contributed by atoms with Gasteiger partial charge in [0, 0.05) is 44.7 Å². The van der Waals surface area contributed by atoms with Gasteiger partial charge in [-0.25, -0.2) is 4.98 Å². The third-order valence-corrected chi connectivity index (χ3v) is 4.35. The van der Waals surface area contributed by atoms with E-state index in [1.54, 1.807) is 60.1 Å². The molecule has 3 aromatic rings. The second-order valence-corrected chi connectivity index (χ2v) is 6.32. The van der Waals surface area contributed by atoms with Crippen LogP contribution in [0, 0.1) is 21.4 Å². The number of rotatable bonds is 6. The predicted octanol–water partition coefficient (Wildman–Crippen LogP) is 3.07. The number of carbonyl (C=O) groups excluding carboxylic acids is 1. The Kier molecular flexibility index (Phi) is 5.18. The van der Waals surface area contributed by atoms with Crippen LogP contribution >= 0.6 is 0 Å². The molecule has 8 nitrogen and oxygen atoms in total. The molecule has 0 saturated carbocycles. The number of carbonyl (C=O) groups is 1. The first-order valence-electron chi connectivity index (χ1n) is 8.41. The number of anilines is 1. The van der Waals surface area contributed by atoms with Crippen LogP contribution in [0.4, 0.5) is 11.4 Å². The van der Waals surface area contributed by atoms with Crippen molar-refractivity contribution in [1.29, 1.82) is 5.26 Å². The van der Waals surface area contributed by atoms with Crippen LogP contribution in [-0.4, -0.2) is 27.3 Å². The number of nitrogens with zero attached hydrogens (tertiary/aromatic N) is 5. The quantitative estimate of drug-likeness (QED) is 0.372. The van der Waals surface area contributed by atoms with Crippen molar-refractivity contribution in [2.45, 2.75) is 6.54 Å². The lowest BCUT2D eigenvalue weighted by atomic mass is 10.1. The Morgan fingerprint density at radius 2 is 2.11 bits per heavy atom. The minimum absolute atomic E-state index is 0.168. The zero-order valence-corrected chi connectivity index (χ0v) is 15.4. The number of hydrogen-bond donors (Lipinski definition) is 0. The van der Waals surface area contributed by atoms with E-state index in [0.29, 0.717) is 17.8 Å². The van der Waals surface area contributed by atoms with Gasteiger partial charge in [-0.05, 0) is 29.8 Å². The van der Waals surface area contributed by atoms with Gasteiger partial charge in [-0.15, -0.1) is 0 Å². The molecule has 0 unspecified atom stereocenters. The van der Waals surface area contributed by atoms with Crippen molar-refractivity contribution in [3.63, 3.8) is 0 Å². The zero-order valence-electron chi connectivity index (χ0n) is 15.4. The van der Waals surface area contributed by atoms with Gasteiger partial charge >= 0.3 is 0 Å². The average Bonchev–Trinajstić information content (AvgIpc) is 3.12. The molecule has 3 rings (SSSR count). The van der Waals surface area contributed by atoms with Crippen molar-refractivity contribution in [3.05, 3.63) is 87.5 Å². The summed E-state index contributed by atoms with van der Waals surface area (Å²) in [6.07, 6.45) is 3.14. The van der Waals surface area contributed by atoms with Crippen LogP contribution in [0.2, 0.25) is 0 Å². The van der Waals surface area contributed by atoms with E-state index in [0.717, 1.165) is 5.56 Å². The molecule has 0 spiro atoms. The number of nitro benzene ring substituents is 1. The summed E-state index contributed by atoms with van der Waals surface area (Å²) in [6, 6.07) is 13.5. The van der Waals surface area contributed by atoms with Crippen LogP contribution in [-0.2, 0) is 13.6 Å². The Hall–Kier alpha value is -3.99. The van der Waals surface area contributed by atoms with Crippen molar-refractivity contribution >= 4 is 17.2 Å². The summed E-state index contributed by atoms with van der Waals surface area (Å²) in [5, 5.41) is 20.6. The SMILES string of the molecule is CN(Cc1cccc(C#N)c1)c1ccc(C(=O)c2nccn2C)cc1[N+](=O)[O-]. The largest absolute Gasteiger partial charge is 0.365 e. The van der Waals surface area contributed by atoms with E-state index in [4.69, 9.17) is 5.26 Å². The fraction of sp³-hybridized carbons (Fsp3) is 0.150. The zero-order chi connectivity index (χ0) is 20.3. The number of hydrogen-bond acceptors (Lipinski definition) is 6. The molecule has 0 saturated heterocycles. The molecule has 1 aromatic heterocycles. The average molecular weight is 375 g/mol. The maximum atomic E-state index is 12.6. The third-order valence-electron chi connectivity index (χ3n) is 4.35.